The minimum atomic E-state index is -0.503. The number of hydrogen-bond donors (Lipinski definition) is 2. The highest BCUT2D eigenvalue weighted by Crippen LogP contribution is 2.20. The molecule has 1 unspecified atom stereocenters. The molecule has 0 radical (unpaired) electrons. The van der Waals surface area contributed by atoms with Crippen molar-refractivity contribution in [2.45, 2.75) is 0 Å². The van der Waals surface area contributed by atoms with Gasteiger partial charge in [-0.15, -0.1) is 0 Å². The summed E-state index contributed by atoms with van der Waals surface area (Å²) in [5, 5.41) is 0. The average Bonchev–Trinajstić information content (AvgIpc) is 2.49. The van der Waals surface area contributed by atoms with Crippen molar-refractivity contribution in [3.8, 4) is 0 Å². The van der Waals surface area contributed by atoms with Gasteiger partial charge in [0.05, 0.1) is 12.5 Å². The van der Waals surface area contributed by atoms with Crippen LogP contribution in [0.5, 0.6) is 0 Å². The van der Waals surface area contributed by atoms with Crippen LogP contribution in [-0.4, -0.2) is 24.7 Å². The molecule has 0 bridgehead atoms. The van der Waals surface area contributed by atoms with Crippen LogP contribution in [0.25, 0.3) is 0 Å². The predicted octanol–water partition coefficient (Wildman–Crippen LogP) is -1.04. The molecule has 3 N–H and O–H groups in total. The van der Waals surface area contributed by atoms with Gasteiger partial charge >= 0.3 is 0 Å². The van der Waals surface area contributed by atoms with Gasteiger partial charge in [-0.25, -0.2) is 0 Å². The Morgan fingerprint density at radius 2 is 2.67 bits per heavy atom. The molecule has 1 amide bonds. The quantitative estimate of drug-likeness (QED) is 0.523. The van der Waals surface area contributed by atoms with Crippen LogP contribution in [-0.2, 0) is 9.63 Å². The zero-order valence-corrected chi connectivity index (χ0v) is 6.41. The topological polar surface area (TPSA) is 76.7 Å². The third kappa shape index (κ3) is 1.08. The van der Waals surface area contributed by atoms with Crippen molar-refractivity contribution in [3.63, 3.8) is 0 Å². The van der Waals surface area contributed by atoms with E-state index in [1.165, 1.54) is 0 Å². The number of nitrogens with two attached hydrogens (primary N) is 1. The van der Waals surface area contributed by atoms with E-state index in [-0.39, 0.29) is 5.92 Å². The first-order valence-electron chi connectivity index (χ1n) is 3.73. The maximum Gasteiger partial charge on any atom is 0.266 e. The van der Waals surface area contributed by atoms with Gasteiger partial charge in [-0.3, -0.25) is 9.79 Å². The van der Waals surface area contributed by atoms with Gasteiger partial charge in [0.25, 0.3) is 5.91 Å². The number of amides is 1. The summed E-state index contributed by atoms with van der Waals surface area (Å²) in [5.41, 5.74) is 8.09. The molecule has 0 aromatic carbocycles. The van der Waals surface area contributed by atoms with Crippen molar-refractivity contribution in [1.82, 2.24) is 5.48 Å². The van der Waals surface area contributed by atoms with E-state index in [2.05, 4.69) is 10.5 Å². The molecule has 5 heteroatoms. The minimum Gasteiger partial charge on any atom is -0.413 e. The van der Waals surface area contributed by atoms with Crippen LogP contribution >= 0.6 is 0 Å². The second-order valence-electron chi connectivity index (χ2n) is 2.78. The molecule has 1 saturated heterocycles. The number of dihydropyridines is 1. The van der Waals surface area contributed by atoms with Gasteiger partial charge in [-0.2, -0.15) is 5.48 Å². The lowest BCUT2D eigenvalue weighted by Gasteiger charge is -2.10. The highest BCUT2D eigenvalue weighted by molar-refractivity contribution is 6.43. The van der Waals surface area contributed by atoms with E-state index in [1.807, 2.05) is 0 Å². The summed E-state index contributed by atoms with van der Waals surface area (Å²) < 4.78 is 0. The van der Waals surface area contributed by atoms with E-state index >= 15 is 0 Å². The molecule has 0 aromatic heterocycles. The standard InChI is InChI=1S/C7H9N3O2/c8-7(11)5-1-6-4(2-9-5)3-10-12-6/h1,4,10H,2-3H2,(H2,8,11). The lowest BCUT2D eigenvalue weighted by atomic mass is 10.0. The Morgan fingerprint density at radius 1 is 1.83 bits per heavy atom. The lowest BCUT2D eigenvalue weighted by Crippen LogP contribution is -2.26. The van der Waals surface area contributed by atoms with Crippen LogP contribution in [0.3, 0.4) is 0 Å². The van der Waals surface area contributed by atoms with E-state index in [0.29, 0.717) is 12.3 Å². The Bertz CT molecular complexity index is 282. The first-order valence-corrected chi connectivity index (χ1v) is 3.73. The SMILES string of the molecule is NC(=O)C1=NCC2CNOC2=C1. The summed E-state index contributed by atoms with van der Waals surface area (Å²) in [4.78, 5) is 19.8. The van der Waals surface area contributed by atoms with Gasteiger partial charge in [0, 0.05) is 12.6 Å². The summed E-state index contributed by atoms with van der Waals surface area (Å²) in [6, 6.07) is 0. The minimum absolute atomic E-state index is 0.271. The van der Waals surface area contributed by atoms with Crippen LogP contribution in [0.2, 0.25) is 0 Å². The number of aliphatic imine (C=N–C) groups is 1. The molecule has 5 nitrogen and oxygen atoms in total. The number of rotatable bonds is 1. The number of nitrogens with zero attached hydrogens (tertiary/aromatic N) is 1. The lowest BCUT2D eigenvalue weighted by molar-refractivity contribution is -0.111. The zero-order chi connectivity index (χ0) is 8.55. The fourth-order valence-electron chi connectivity index (χ4n) is 1.25. The first kappa shape index (κ1) is 7.30. The Balaban J connectivity index is 2.22. The molecule has 64 valence electrons. The van der Waals surface area contributed by atoms with E-state index in [9.17, 15) is 4.79 Å². The Morgan fingerprint density at radius 3 is 3.42 bits per heavy atom. The largest absolute Gasteiger partial charge is 0.413 e. The monoisotopic (exact) mass is 167 g/mol. The molecule has 0 saturated carbocycles. The maximum absolute atomic E-state index is 10.7. The number of nitrogens with one attached hydrogen (secondary N) is 1. The van der Waals surface area contributed by atoms with Gasteiger partial charge in [0.2, 0.25) is 0 Å². The van der Waals surface area contributed by atoms with E-state index in [1.54, 1.807) is 6.08 Å². The molecule has 0 aliphatic carbocycles. The second kappa shape index (κ2) is 2.60. The van der Waals surface area contributed by atoms with Crippen molar-refractivity contribution < 1.29 is 9.63 Å². The van der Waals surface area contributed by atoms with Crippen molar-refractivity contribution >= 4 is 11.6 Å². The summed E-state index contributed by atoms with van der Waals surface area (Å²) >= 11 is 0. The fraction of sp³-hybridized carbons (Fsp3) is 0.429. The highest BCUT2D eigenvalue weighted by atomic mass is 16.7. The number of hydrogen-bond acceptors (Lipinski definition) is 4. The maximum atomic E-state index is 10.7. The summed E-state index contributed by atoms with van der Waals surface area (Å²) in [5.74, 6) is 0.531. The molecule has 2 heterocycles. The van der Waals surface area contributed by atoms with Crippen LogP contribution < -0.4 is 11.2 Å². The van der Waals surface area contributed by atoms with E-state index in [0.717, 1.165) is 12.3 Å². The number of hydroxylamine groups is 1. The molecule has 1 fully saturated rings. The Kier molecular flexibility index (Phi) is 1.58. The second-order valence-corrected chi connectivity index (χ2v) is 2.78. The molecule has 1 atom stereocenters. The van der Waals surface area contributed by atoms with Gasteiger partial charge in [0.15, 0.2) is 0 Å². The summed E-state index contributed by atoms with van der Waals surface area (Å²) in [7, 11) is 0. The van der Waals surface area contributed by atoms with Gasteiger partial charge in [-0.05, 0) is 0 Å². The molecule has 0 spiro atoms. The van der Waals surface area contributed by atoms with Crippen molar-refractivity contribution in [2.24, 2.45) is 16.6 Å². The van der Waals surface area contributed by atoms with Crippen molar-refractivity contribution in [1.29, 1.82) is 0 Å². The third-order valence-corrected chi connectivity index (χ3v) is 1.94. The summed E-state index contributed by atoms with van der Waals surface area (Å²) in [6.45, 7) is 1.33. The molecular weight excluding hydrogens is 158 g/mol. The number of carbonyl (C=O) groups excluding carboxylic acids is 1. The molecular formula is C7H9N3O2. The zero-order valence-electron chi connectivity index (χ0n) is 6.41. The van der Waals surface area contributed by atoms with Crippen LogP contribution in [0.15, 0.2) is 16.8 Å². The van der Waals surface area contributed by atoms with Gasteiger partial charge in [-0.1, -0.05) is 0 Å². The molecule has 2 aliphatic rings. The fourth-order valence-corrected chi connectivity index (χ4v) is 1.25. The average molecular weight is 167 g/mol. The molecule has 2 rings (SSSR count). The number of fused-ring (bicyclic) bond motifs is 1. The molecule has 12 heavy (non-hydrogen) atoms. The normalized spacial score (nSPS) is 26.8. The van der Waals surface area contributed by atoms with E-state index in [4.69, 9.17) is 10.6 Å². The highest BCUT2D eigenvalue weighted by Gasteiger charge is 2.27. The van der Waals surface area contributed by atoms with Crippen LogP contribution in [0.1, 0.15) is 0 Å². The van der Waals surface area contributed by atoms with Crippen molar-refractivity contribution in [3.05, 3.63) is 11.8 Å². The Hall–Kier alpha value is -1.36. The van der Waals surface area contributed by atoms with Crippen molar-refractivity contribution in [2.75, 3.05) is 13.1 Å². The van der Waals surface area contributed by atoms with Gasteiger partial charge in [0.1, 0.15) is 11.5 Å². The predicted molar refractivity (Wildman–Crippen MR) is 42.2 cm³/mol. The summed E-state index contributed by atoms with van der Waals surface area (Å²) in [6.07, 6.45) is 1.59. The van der Waals surface area contributed by atoms with Crippen LogP contribution in [0.4, 0.5) is 0 Å². The third-order valence-electron chi connectivity index (χ3n) is 1.94. The molecule has 0 aromatic rings. The molecule has 2 aliphatic heterocycles. The number of primary amides is 1. The van der Waals surface area contributed by atoms with Crippen LogP contribution in [0, 0.1) is 5.92 Å². The number of carbonyl (C=O) groups is 1. The smallest absolute Gasteiger partial charge is 0.266 e. The Labute approximate surface area is 69.2 Å². The van der Waals surface area contributed by atoms with E-state index < -0.39 is 5.91 Å². The van der Waals surface area contributed by atoms with Gasteiger partial charge < -0.3 is 10.6 Å². The first-order chi connectivity index (χ1) is 5.77.